The molecule has 5 atom stereocenters. The molecule has 3 heteroatoms. The summed E-state index contributed by atoms with van der Waals surface area (Å²) in [4.78, 5) is 13.0. The summed E-state index contributed by atoms with van der Waals surface area (Å²) >= 11 is 0. The van der Waals surface area contributed by atoms with Crippen LogP contribution in [0.15, 0.2) is 0 Å². The molecule has 2 fully saturated rings. The molecule has 2 rings (SSSR count). The van der Waals surface area contributed by atoms with Crippen LogP contribution in [0.5, 0.6) is 0 Å². The van der Waals surface area contributed by atoms with Gasteiger partial charge >= 0.3 is 0 Å². The minimum Gasteiger partial charge on any atom is -0.353 e. The normalized spacial score (nSPS) is 35.1. The van der Waals surface area contributed by atoms with Crippen LogP contribution in [-0.2, 0) is 14.3 Å². The first kappa shape index (κ1) is 17.9. The van der Waals surface area contributed by atoms with Crippen molar-refractivity contribution in [2.24, 2.45) is 29.6 Å². The number of carbonyl (C=O) groups excluding carboxylic acids is 1. The van der Waals surface area contributed by atoms with Crippen molar-refractivity contribution in [3.63, 3.8) is 0 Å². The predicted octanol–water partition coefficient (Wildman–Crippen LogP) is 4.44. The number of hydrogen-bond donors (Lipinski definition) is 0. The second-order valence-corrected chi connectivity index (χ2v) is 7.97. The van der Waals surface area contributed by atoms with Crippen molar-refractivity contribution >= 4 is 5.78 Å². The SMILES string of the molecule is CC(C)[C@@H](OC1CCCCO1)[C@@H]1C(=O)[C@@H](C(C)C)CC[C@H]1C. The first-order chi connectivity index (χ1) is 10.4. The van der Waals surface area contributed by atoms with E-state index in [1.54, 1.807) is 0 Å². The van der Waals surface area contributed by atoms with Gasteiger partial charge in [-0.3, -0.25) is 4.79 Å². The highest BCUT2D eigenvalue weighted by Gasteiger charge is 2.43. The third-order valence-corrected chi connectivity index (χ3v) is 5.50. The van der Waals surface area contributed by atoms with E-state index in [4.69, 9.17) is 9.47 Å². The lowest BCUT2D eigenvalue weighted by Gasteiger charge is -2.42. The Balaban J connectivity index is 2.12. The van der Waals surface area contributed by atoms with Gasteiger partial charge in [0.2, 0.25) is 0 Å². The summed E-state index contributed by atoms with van der Waals surface area (Å²) < 4.78 is 12.1. The topological polar surface area (TPSA) is 35.5 Å². The molecule has 0 N–H and O–H groups in total. The van der Waals surface area contributed by atoms with Crippen LogP contribution in [0, 0.1) is 29.6 Å². The molecule has 1 aliphatic carbocycles. The van der Waals surface area contributed by atoms with Gasteiger partial charge in [-0.1, -0.05) is 34.6 Å². The van der Waals surface area contributed by atoms with Gasteiger partial charge in [-0.25, -0.2) is 0 Å². The van der Waals surface area contributed by atoms with Gasteiger partial charge in [0.25, 0.3) is 0 Å². The van der Waals surface area contributed by atoms with Crippen molar-refractivity contribution in [1.82, 2.24) is 0 Å². The summed E-state index contributed by atoms with van der Waals surface area (Å²) in [6, 6.07) is 0. The fourth-order valence-electron chi connectivity index (χ4n) is 4.09. The predicted molar refractivity (Wildman–Crippen MR) is 88.5 cm³/mol. The zero-order chi connectivity index (χ0) is 16.3. The standard InChI is InChI=1S/C19H34O3/c1-12(2)15-10-9-14(5)17(18(15)20)19(13(3)4)22-16-8-6-7-11-21-16/h12-17,19H,6-11H2,1-5H3/t14-,15-,16?,17+,19-/m1/s1. The molecule has 1 aliphatic heterocycles. The summed E-state index contributed by atoms with van der Waals surface area (Å²) in [5, 5.41) is 0. The molecule has 2 aliphatic rings. The first-order valence-corrected chi connectivity index (χ1v) is 9.22. The second kappa shape index (κ2) is 7.92. The number of hydrogen-bond acceptors (Lipinski definition) is 3. The van der Waals surface area contributed by atoms with Crippen molar-refractivity contribution < 1.29 is 14.3 Å². The fraction of sp³-hybridized carbons (Fsp3) is 0.947. The van der Waals surface area contributed by atoms with Crippen molar-refractivity contribution in [3.8, 4) is 0 Å². The maximum Gasteiger partial charge on any atom is 0.157 e. The van der Waals surface area contributed by atoms with Gasteiger partial charge in [0.1, 0.15) is 5.78 Å². The first-order valence-electron chi connectivity index (χ1n) is 9.22. The largest absolute Gasteiger partial charge is 0.353 e. The monoisotopic (exact) mass is 310 g/mol. The highest BCUT2D eigenvalue weighted by atomic mass is 16.7. The molecule has 1 unspecified atom stereocenters. The Morgan fingerprint density at radius 3 is 2.36 bits per heavy atom. The molecule has 128 valence electrons. The molecule has 0 bridgehead atoms. The van der Waals surface area contributed by atoms with E-state index < -0.39 is 0 Å². The molecule has 0 spiro atoms. The lowest BCUT2D eigenvalue weighted by Crippen LogP contribution is -2.47. The molecule has 0 aromatic rings. The molecule has 3 nitrogen and oxygen atoms in total. The highest BCUT2D eigenvalue weighted by Crippen LogP contribution is 2.39. The van der Waals surface area contributed by atoms with Gasteiger partial charge in [-0.15, -0.1) is 0 Å². The second-order valence-electron chi connectivity index (χ2n) is 7.97. The van der Waals surface area contributed by atoms with Gasteiger partial charge in [0.05, 0.1) is 6.10 Å². The van der Waals surface area contributed by atoms with Crippen LogP contribution in [0.25, 0.3) is 0 Å². The van der Waals surface area contributed by atoms with Crippen LogP contribution in [0.2, 0.25) is 0 Å². The van der Waals surface area contributed by atoms with E-state index >= 15 is 0 Å². The summed E-state index contributed by atoms with van der Waals surface area (Å²) in [6.45, 7) is 11.7. The van der Waals surface area contributed by atoms with Crippen molar-refractivity contribution in [2.75, 3.05) is 6.61 Å². The average Bonchev–Trinajstić information content (AvgIpc) is 2.46. The Bertz CT molecular complexity index is 358. The quantitative estimate of drug-likeness (QED) is 0.753. The highest BCUT2D eigenvalue weighted by molar-refractivity contribution is 5.85. The number of Topliss-reactive ketones (excluding diaryl/α,β-unsaturated/α-hetero) is 1. The summed E-state index contributed by atoms with van der Waals surface area (Å²) in [7, 11) is 0. The number of carbonyl (C=O) groups is 1. The number of ketones is 1. The molecule has 1 saturated heterocycles. The van der Waals surface area contributed by atoms with Crippen LogP contribution in [-0.4, -0.2) is 24.8 Å². The van der Waals surface area contributed by atoms with E-state index in [1.165, 1.54) is 0 Å². The van der Waals surface area contributed by atoms with Gasteiger partial charge in [-0.2, -0.15) is 0 Å². The number of rotatable bonds is 5. The minimum atomic E-state index is -0.111. The lowest BCUT2D eigenvalue weighted by molar-refractivity contribution is -0.213. The van der Waals surface area contributed by atoms with Crippen LogP contribution < -0.4 is 0 Å². The minimum absolute atomic E-state index is 0.00727. The molecule has 0 aromatic heterocycles. The Hall–Kier alpha value is -0.410. The molecule has 0 radical (unpaired) electrons. The third kappa shape index (κ3) is 4.11. The zero-order valence-corrected chi connectivity index (χ0v) is 15.0. The van der Waals surface area contributed by atoms with E-state index in [2.05, 4.69) is 34.6 Å². The van der Waals surface area contributed by atoms with Gasteiger partial charge in [0.15, 0.2) is 6.29 Å². The Morgan fingerprint density at radius 1 is 1.09 bits per heavy atom. The van der Waals surface area contributed by atoms with Crippen LogP contribution in [0.3, 0.4) is 0 Å². The molecular formula is C19H34O3. The fourth-order valence-corrected chi connectivity index (χ4v) is 4.09. The average molecular weight is 310 g/mol. The van der Waals surface area contributed by atoms with Crippen LogP contribution in [0.4, 0.5) is 0 Å². The Morgan fingerprint density at radius 2 is 1.82 bits per heavy atom. The van der Waals surface area contributed by atoms with Crippen LogP contribution in [0.1, 0.15) is 66.7 Å². The Kier molecular flexibility index (Phi) is 6.46. The van der Waals surface area contributed by atoms with E-state index in [9.17, 15) is 4.79 Å². The van der Waals surface area contributed by atoms with Gasteiger partial charge < -0.3 is 9.47 Å². The van der Waals surface area contributed by atoms with Crippen molar-refractivity contribution in [1.29, 1.82) is 0 Å². The van der Waals surface area contributed by atoms with Crippen molar-refractivity contribution in [3.05, 3.63) is 0 Å². The maximum atomic E-state index is 13.0. The third-order valence-electron chi connectivity index (χ3n) is 5.50. The maximum absolute atomic E-state index is 13.0. The van der Waals surface area contributed by atoms with Gasteiger partial charge in [0, 0.05) is 18.4 Å². The molecule has 0 aromatic carbocycles. The summed E-state index contributed by atoms with van der Waals surface area (Å²) in [5.41, 5.74) is 0. The van der Waals surface area contributed by atoms with Crippen molar-refractivity contribution in [2.45, 2.75) is 79.1 Å². The van der Waals surface area contributed by atoms with Gasteiger partial charge in [-0.05, 0) is 49.9 Å². The van der Waals surface area contributed by atoms with E-state index in [0.29, 0.717) is 23.5 Å². The van der Waals surface area contributed by atoms with E-state index in [-0.39, 0.29) is 24.2 Å². The zero-order valence-electron chi connectivity index (χ0n) is 15.0. The molecule has 22 heavy (non-hydrogen) atoms. The lowest BCUT2D eigenvalue weighted by atomic mass is 9.67. The molecular weight excluding hydrogens is 276 g/mol. The summed E-state index contributed by atoms with van der Waals surface area (Å²) in [5.74, 6) is 1.86. The number of ether oxygens (including phenoxy) is 2. The smallest absolute Gasteiger partial charge is 0.157 e. The molecule has 0 amide bonds. The van der Waals surface area contributed by atoms with E-state index in [1.807, 2.05) is 0 Å². The van der Waals surface area contributed by atoms with Crippen LogP contribution >= 0.6 is 0 Å². The molecule has 1 heterocycles. The Labute approximate surface area is 136 Å². The van der Waals surface area contributed by atoms with E-state index in [0.717, 1.165) is 38.7 Å². The molecule has 1 saturated carbocycles. The summed E-state index contributed by atoms with van der Waals surface area (Å²) in [6.07, 6.45) is 5.31.